The normalized spacial score (nSPS) is 11.4. The van der Waals surface area contributed by atoms with Gasteiger partial charge in [-0.25, -0.2) is 4.79 Å². The van der Waals surface area contributed by atoms with E-state index < -0.39 is 17.1 Å². The van der Waals surface area contributed by atoms with E-state index in [1.54, 1.807) is 12.1 Å². The number of allylic oxidation sites excluding steroid dienone is 1. The van der Waals surface area contributed by atoms with Crippen LogP contribution in [0.4, 0.5) is 14.5 Å². The molecule has 0 spiro atoms. The van der Waals surface area contributed by atoms with Gasteiger partial charge in [-0.3, -0.25) is 4.79 Å². The van der Waals surface area contributed by atoms with Gasteiger partial charge in [-0.1, -0.05) is 12.1 Å². The van der Waals surface area contributed by atoms with E-state index in [1.807, 2.05) is 0 Å². The monoisotopic (exact) mass is 289 g/mol. The van der Waals surface area contributed by atoms with Gasteiger partial charge in [0, 0.05) is 12.3 Å². The third-order valence-corrected chi connectivity index (χ3v) is 2.27. The molecule has 0 radical (unpaired) electrons. The van der Waals surface area contributed by atoms with Crippen molar-refractivity contribution in [1.29, 1.82) is 0 Å². The lowest BCUT2D eigenvalue weighted by atomic mass is 10.2. The predicted octanol–water partition coefficient (Wildman–Crippen LogP) is 2.80. The minimum atomic E-state index is -3.94. The molecule has 0 aliphatic carbocycles. The maximum atomic E-state index is 12.4. The third-order valence-electron chi connectivity index (χ3n) is 2.09. The lowest BCUT2D eigenvalue weighted by molar-refractivity contribution is -0.128. The standard InChI is InChI=1S/C12H10ClF2NO3/c1-19-11(18)8-4-2-3-5-9(8)16-7-6-10(17)12(13,14)15/h2-7,16H,1H3/b7-6-. The zero-order valence-corrected chi connectivity index (χ0v) is 10.6. The van der Waals surface area contributed by atoms with Crippen molar-refractivity contribution < 1.29 is 23.1 Å². The minimum absolute atomic E-state index is 0.208. The summed E-state index contributed by atoms with van der Waals surface area (Å²) in [5.41, 5.74) is 0.524. The highest BCUT2D eigenvalue weighted by atomic mass is 35.5. The average molecular weight is 290 g/mol. The van der Waals surface area contributed by atoms with Gasteiger partial charge in [-0.2, -0.15) is 8.78 Å². The van der Waals surface area contributed by atoms with Crippen molar-refractivity contribution in [2.45, 2.75) is 5.38 Å². The molecule has 0 fully saturated rings. The number of ketones is 1. The second kappa shape index (κ2) is 6.29. The first-order chi connectivity index (χ1) is 8.86. The van der Waals surface area contributed by atoms with Crippen LogP contribution in [0.25, 0.3) is 0 Å². The van der Waals surface area contributed by atoms with Crippen molar-refractivity contribution in [1.82, 2.24) is 0 Å². The number of benzene rings is 1. The number of rotatable bonds is 5. The molecule has 1 aromatic rings. The van der Waals surface area contributed by atoms with Crippen molar-refractivity contribution in [3.8, 4) is 0 Å². The largest absolute Gasteiger partial charge is 0.465 e. The Morgan fingerprint density at radius 3 is 2.58 bits per heavy atom. The van der Waals surface area contributed by atoms with E-state index in [9.17, 15) is 18.4 Å². The summed E-state index contributed by atoms with van der Waals surface area (Å²) in [7, 11) is 1.21. The molecule has 1 N–H and O–H groups in total. The summed E-state index contributed by atoms with van der Waals surface area (Å²) >= 11 is 4.53. The number of halogens is 3. The molecule has 0 atom stereocenters. The number of hydrogen-bond acceptors (Lipinski definition) is 4. The van der Waals surface area contributed by atoms with E-state index in [0.717, 1.165) is 6.20 Å². The van der Waals surface area contributed by atoms with Gasteiger partial charge in [0.05, 0.1) is 18.4 Å². The van der Waals surface area contributed by atoms with Crippen LogP contribution in [0.3, 0.4) is 0 Å². The first-order valence-electron chi connectivity index (χ1n) is 5.08. The molecule has 102 valence electrons. The number of ether oxygens (including phenoxy) is 1. The van der Waals surface area contributed by atoms with Gasteiger partial charge in [-0.05, 0) is 23.7 Å². The third kappa shape index (κ3) is 4.33. The van der Waals surface area contributed by atoms with Gasteiger partial charge < -0.3 is 10.1 Å². The Morgan fingerprint density at radius 1 is 1.37 bits per heavy atom. The molecular formula is C12H10ClF2NO3. The molecule has 0 unspecified atom stereocenters. The molecule has 0 bridgehead atoms. The van der Waals surface area contributed by atoms with Crippen LogP contribution in [0.5, 0.6) is 0 Å². The average Bonchev–Trinajstić information content (AvgIpc) is 2.37. The van der Waals surface area contributed by atoms with E-state index in [0.29, 0.717) is 11.8 Å². The Kier molecular flexibility index (Phi) is 5.00. The Bertz CT molecular complexity index is 512. The van der Waals surface area contributed by atoms with Crippen molar-refractivity contribution in [2.24, 2.45) is 0 Å². The van der Waals surface area contributed by atoms with Crippen LogP contribution in [0.15, 0.2) is 36.5 Å². The lowest BCUT2D eigenvalue weighted by Crippen LogP contribution is -2.18. The van der Waals surface area contributed by atoms with Crippen molar-refractivity contribution in [2.75, 3.05) is 12.4 Å². The van der Waals surface area contributed by atoms with Gasteiger partial charge in [-0.15, -0.1) is 0 Å². The Balaban J connectivity index is 2.82. The zero-order valence-electron chi connectivity index (χ0n) is 9.82. The number of para-hydroxylation sites is 1. The Morgan fingerprint density at radius 2 is 2.00 bits per heavy atom. The van der Waals surface area contributed by atoms with E-state index in [-0.39, 0.29) is 5.56 Å². The molecule has 0 aliphatic rings. The molecule has 0 heterocycles. The fourth-order valence-electron chi connectivity index (χ4n) is 1.20. The van der Waals surface area contributed by atoms with Crippen LogP contribution in [0.1, 0.15) is 10.4 Å². The smallest absolute Gasteiger partial charge is 0.384 e. The van der Waals surface area contributed by atoms with Gasteiger partial charge in [0.2, 0.25) is 5.78 Å². The maximum Gasteiger partial charge on any atom is 0.384 e. The summed E-state index contributed by atoms with van der Waals surface area (Å²) in [6, 6.07) is 6.25. The van der Waals surface area contributed by atoms with E-state index >= 15 is 0 Å². The molecular weight excluding hydrogens is 280 g/mol. The molecule has 19 heavy (non-hydrogen) atoms. The minimum Gasteiger partial charge on any atom is -0.465 e. The highest BCUT2D eigenvalue weighted by Gasteiger charge is 2.33. The van der Waals surface area contributed by atoms with Crippen LogP contribution in [-0.2, 0) is 9.53 Å². The van der Waals surface area contributed by atoms with E-state index in [4.69, 9.17) is 0 Å². The molecule has 7 heteroatoms. The van der Waals surface area contributed by atoms with Crippen LogP contribution in [-0.4, -0.2) is 24.2 Å². The fourth-order valence-corrected chi connectivity index (χ4v) is 1.26. The first kappa shape index (κ1) is 15.1. The molecule has 0 saturated carbocycles. The van der Waals surface area contributed by atoms with Crippen LogP contribution in [0.2, 0.25) is 0 Å². The van der Waals surface area contributed by atoms with Gasteiger partial charge in [0.25, 0.3) is 0 Å². The number of nitrogens with one attached hydrogen (secondary N) is 1. The molecule has 1 rings (SSSR count). The van der Waals surface area contributed by atoms with Crippen molar-refractivity contribution in [3.05, 3.63) is 42.1 Å². The predicted molar refractivity (Wildman–Crippen MR) is 66.4 cm³/mol. The lowest BCUT2D eigenvalue weighted by Gasteiger charge is -2.07. The van der Waals surface area contributed by atoms with E-state index in [2.05, 4.69) is 21.7 Å². The summed E-state index contributed by atoms with van der Waals surface area (Å²) < 4.78 is 29.3. The SMILES string of the molecule is COC(=O)c1ccccc1N/C=C\C(=O)C(F)(F)Cl. The summed E-state index contributed by atoms with van der Waals surface area (Å²) in [5.74, 6) is -2.15. The first-order valence-corrected chi connectivity index (χ1v) is 5.45. The second-order valence-corrected chi connectivity index (χ2v) is 3.85. The number of methoxy groups -OCH3 is 1. The van der Waals surface area contributed by atoms with Crippen molar-refractivity contribution in [3.63, 3.8) is 0 Å². The molecule has 0 amide bonds. The van der Waals surface area contributed by atoms with Crippen molar-refractivity contribution >= 4 is 29.0 Å². The number of alkyl halides is 3. The summed E-state index contributed by atoms with van der Waals surface area (Å²) in [4.78, 5) is 22.2. The second-order valence-electron chi connectivity index (χ2n) is 3.38. The number of hydrogen-bond donors (Lipinski definition) is 1. The summed E-state index contributed by atoms with van der Waals surface area (Å²) in [5, 5.41) is -1.41. The van der Waals surface area contributed by atoms with Gasteiger partial charge in [0.15, 0.2) is 0 Å². The van der Waals surface area contributed by atoms with E-state index in [1.165, 1.54) is 19.2 Å². The maximum absolute atomic E-state index is 12.4. The van der Waals surface area contributed by atoms with Crippen LogP contribution < -0.4 is 5.32 Å². The van der Waals surface area contributed by atoms with Gasteiger partial charge >= 0.3 is 11.4 Å². The highest BCUT2D eigenvalue weighted by Crippen LogP contribution is 2.20. The molecule has 4 nitrogen and oxygen atoms in total. The quantitative estimate of drug-likeness (QED) is 0.514. The Hall–Kier alpha value is -1.95. The topological polar surface area (TPSA) is 55.4 Å². The van der Waals surface area contributed by atoms with Gasteiger partial charge in [0.1, 0.15) is 0 Å². The molecule has 0 saturated heterocycles. The molecule has 1 aromatic carbocycles. The fraction of sp³-hybridized carbons (Fsp3) is 0.167. The number of anilines is 1. The van der Waals surface area contributed by atoms with Crippen LogP contribution >= 0.6 is 11.6 Å². The number of carbonyl (C=O) groups excluding carboxylic acids is 2. The number of carbonyl (C=O) groups is 2. The summed E-state index contributed by atoms with van der Waals surface area (Å²) in [6.07, 6.45) is 1.56. The summed E-state index contributed by atoms with van der Waals surface area (Å²) in [6.45, 7) is 0. The zero-order chi connectivity index (χ0) is 14.5. The molecule has 0 aliphatic heterocycles. The van der Waals surface area contributed by atoms with Crippen LogP contribution in [0, 0.1) is 0 Å². The molecule has 0 aromatic heterocycles. The highest BCUT2D eigenvalue weighted by molar-refractivity contribution is 6.34. The number of esters is 1. The Labute approximate surface area is 113 Å².